The van der Waals surface area contributed by atoms with E-state index in [0.29, 0.717) is 6.54 Å². The van der Waals surface area contributed by atoms with Gasteiger partial charge in [-0.25, -0.2) is 8.42 Å². The Morgan fingerprint density at radius 3 is 2.26 bits per heavy atom. The largest absolute Gasteiger partial charge is 0.354 e. The third-order valence-corrected chi connectivity index (χ3v) is 8.93. The van der Waals surface area contributed by atoms with E-state index in [1.165, 1.54) is 35.2 Å². The standard InChI is InChI=1S/C29H33Cl2N3O4S/c1-4-5-17-32-29(36)22(3)33(19-23-12-10-9-11-21(23)2)28(35)20-34(24-15-16-26(30)27(31)18-24)39(37,38)25-13-7-6-8-14-25/h6-16,18,22H,4-5,17,19-20H2,1-3H3,(H,32,36)/t22-/m1/s1. The van der Waals surface area contributed by atoms with E-state index in [1.807, 2.05) is 38.1 Å². The van der Waals surface area contributed by atoms with Gasteiger partial charge in [-0.1, -0.05) is 79.0 Å². The molecule has 3 rings (SSSR count). The van der Waals surface area contributed by atoms with Gasteiger partial charge in [0.1, 0.15) is 12.6 Å². The molecule has 39 heavy (non-hydrogen) atoms. The maximum absolute atomic E-state index is 13.9. The van der Waals surface area contributed by atoms with Crippen LogP contribution in [-0.4, -0.2) is 44.3 Å². The van der Waals surface area contributed by atoms with E-state index in [2.05, 4.69) is 5.32 Å². The predicted molar refractivity (Wildman–Crippen MR) is 157 cm³/mol. The predicted octanol–water partition coefficient (Wildman–Crippen LogP) is 5.83. The molecule has 2 amide bonds. The summed E-state index contributed by atoms with van der Waals surface area (Å²) in [5, 5.41) is 3.28. The van der Waals surface area contributed by atoms with Crippen molar-refractivity contribution in [2.24, 2.45) is 0 Å². The first-order valence-electron chi connectivity index (χ1n) is 12.7. The lowest BCUT2D eigenvalue weighted by molar-refractivity contribution is -0.139. The van der Waals surface area contributed by atoms with Gasteiger partial charge in [0, 0.05) is 13.1 Å². The Hall–Kier alpha value is -3.07. The molecule has 3 aromatic rings. The highest BCUT2D eigenvalue weighted by Gasteiger charge is 2.32. The highest BCUT2D eigenvalue weighted by Crippen LogP contribution is 2.31. The summed E-state index contributed by atoms with van der Waals surface area (Å²) < 4.78 is 28.6. The molecule has 0 aliphatic carbocycles. The Balaban J connectivity index is 2.02. The normalized spacial score (nSPS) is 12.0. The van der Waals surface area contributed by atoms with E-state index >= 15 is 0 Å². The van der Waals surface area contributed by atoms with Crippen LogP contribution in [0.4, 0.5) is 5.69 Å². The number of nitrogens with one attached hydrogen (secondary N) is 1. The fraction of sp³-hybridized carbons (Fsp3) is 0.310. The number of carbonyl (C=O) groups excluding carboxylic acids is 2. The number of nitrogens with zero attached hydrogens (tertiary/aromatic N) is 2. The van der Waals surface area contributed by atoms with Crippen molar-refractivity contribution in [1.82, 2.24) is 10.2 Å². The lowest BCUT2D eigenvalue weighted by atomic mass is 10.1. The number of sulfonamides is 1. The SMILES string of the molecule is CCCCNC(=O)[C@@H](C)N(Cc1ccccc1C)C(=O)CN(c1ccc(Cl)c(Cl)c1)S(=O)(=O)c1ccccc1. The van der Waals surface area contributed by atoms with Gasteiger partial charge >= 0.3 is 0 Å². The van der Waals surface area contributed by atoms with Crippen LogP contribution in [0.1, 0.15) is 37.8 Å². The number of aryl methyl sites for hydroxylation is 1. The number of anilines is 1. The molecular weight excluding hydrogens is 557 g/mol. The van der Waals surface area contributed by atoms with Gasteiger partial charge in [0.15, 0.2) is 0 Å². The van der Waals surface area contributed by atoms with Gasteiger partial charge in [-0.05, 0) is 61.7 Å². The fourth-order valence-corrected chi connectivity index (χ4v) is 5.70. The molecule has 208 valence electrons. The van der Waals surface area contributed by atoms with E-state index in [1.54, 1.807) is 25.1 Å². The van der Waals surface area contributed by atoms with Crippen LogP contribution < -0.4 is 9.62 Å². The Bertz CT molecular complexity index is 1400. The number of amides is 2. The Labute approximate surface area is 240 Å². The van der Waals surface area contributed by atoms with Gasteiger partial charge in [-0.15, -0.1) is 0 Å². The van der Waals surface area contributed by atoms with Crippen molar-refractivity contribution in [3.63, 3.8) is 0 Å². The van der Waals surface area contributed by atoms with Gasteiger partial charge < -0.3 is 10.2 Å². The molecule has 0 bridgehead atoms. The molecule has 0 saturated carbocycles. The number of benzene rings is 3. The zero-order chi connectivity index (χ0) is 28.6. The van der Waals surface area contributed by atoms with Crippen LogP contribution in [0.25, 0.3) is 0 Å². The van der Waals surface area contributed by atoms with E-state index in [-0.39, 0.29) is 33.1 Å². The van der Waals surface area contributed by atoms with Gasteiger partial charge in [-0.3, -0.25) is 13.9 Å². The number of carbonyl (C=O) groups is 2. The number of rotatable bonds is 12. The summed E-state index contributed by atoms with van der Waals surface area (Å²) in [6, 6.07) is 18.9. The van der Waals surface area contributed by atoms with Crippen molar-refractivity contribution < 1.29 is 18.0 Å². The van der Waals surface area contributed by atoms with Crippen LogP contribution in [0.2, 0.25) is 10.0 Å². The summed E-state index contributed by atoms with van der Waals surface area (Å²) in [5.41, 5.74) is 1.98. The van der Waals surface area contributed by atoms with E-state index in [4.69, 9.17) is 23.2 Å². The van der Waals surface area contributed by atoms with Crippen molar-refractivity contribution in [3.05, 3.63) is 94.0 Å². The molecule has 1 atom stereocenters. The van der Waals surface area contributed by atoms with Crippen LogP contribution in [0, 0.1) is 6.92 Å². The number of hydrogen-bond donors (Lipinski definition) is 1. The van der Waals surface area contributed by atoms with E-state index in [9.17, 15) is 18.0 Å². The number of unbranched alkanes of at least 4 members (excludes halogenated alkanes) is 1. The minimum atomic E-state index is -4.17. The lowest BCUT2D eigenvalue weighted by Gasteiger charge is -2.32. The van der Waals surface area contributed by atoms with E-state index < -0.39 is 28.5 Å². The lowest BCUT2D eigenvalue weighted by Crippen LogP contribution is -2.51. The monoisotopic (exact) mass is 589 g/mol. The highest BCUT2D eigenvalue weighted by atomic mass is 35.5. The fourth-order valence-electron chi connectivity index (χ4n) is 3.98. The van der Waals surface area contributed by atoms with Crippen LogP contribution in [0.3, 0.4) is 0 Å². The summed E-state index contributed by atoms with van der Waals surface area (Å²) in [6.07, 6.45) is 1.72. The first kappa shape index (κ1) is 30.5. The molecule has 3 aromatic carbocycles. The summed E-state index contributed by atoms with van der Waals surface area (Å²) in [6.45, 7) is 5.67. The minimum Gasteiger partial charge on any atom is -0.354 e. The molecular formula is C29H33Cl2N3O4S. The average molecular weight is 591 g/mol. The number of halogens is 2. The molecule has 7 nitrogen and oxygen atoms in total. The second-order valence-electron chi connectivity index (χ2n) is 9.19. The summed E-state index contributed by atoms with van der Waals surface area (Å²) in [5.74, 6) is -0.848. The minimum absolute atomic E-state index is 0.0136. The van der Waals surface area contributed by atoms with Crippen LogP contribution in [0.15, 0.2) is 77.7 Å². The van der Waals surface area contributed by atoms with Crippen molar-refractivity contribution in [1.29, 1.82) is 0 Å². The molecule has 0 heterocycles. The molecule has 1 N–H and O–H groups in total. The topological polar surface area (TPSA) is 86.8 Å². The summed E-state index contributed by atoms with van der Waals surface area (Å²) >= 11 is 12.3. The van der Waals surface area contributed by atoms with Gasteiger partial charge in [0.05, 0.1) is 20.6 Å². The van der Waals surface area contributed by atoms with Gasteiger partial charge in [-0.2, -0.15) is 0 Å². The summed E-state index contributed by atoms with van der Waals surface area (Å²) in [4.78, 5) is 28.4. The van der Waals surface area contributed by atoms with Crippen molar-refractivity contribution >= 4 is 50.7 Å². The molecule has 0 radical (unpaired) electrons. The quantitative estimate of drug-likeness (QED) is 0.269. The molecule has 10 heteroatoms. The second-order valence-corrected chi connectivity index (χ2v) is 11.9. The molecule has 0 aliphatic heterocycles. The van der Waals surface area contributed by atoms with Crippen molar-refractivity contribution in [2.45, 2.75) is 51.1 Å². The molecule has 0 fully saturated rings. The van der Waals surface area contributed by atoms with Crippen LogP contribution >= 0.6 is 23.2 Å². The smallest absolute Gasteiger partial charge is 0.264 e. The maximum Gasteiger partial charge on any atom is 0.264 e. The maximum atomic E-state index is 13.9. The highest BCUT2D eigenvalue weighted by molar-refractivity contribution is 7.92. The van der Waals surface area contributed by atoms with Gasteiger partial charge in [0.25, 0.3) is 10.0 Å². The van der Waals surface area contributed by atoms with Crippen molar-refractivity contribution in [2.75, 3.05) is 17.4 Å². The van der Waals surface area contributed by atoms with Crippen molar-refractivity contribution in [3.8, 4) is 0 Å². The first-order valence-corrected chi connectivity index (χ1v) is 14.9. The van der Waals surface area contributed by atoms with Gasteiger partial charge in [0.2, 0.25) is 11.8 Å². The average Bonchev–Trinajstić information content (AvgIpc) is 2.92. The zero-order valence-corrected chi connectivity index (χ0v) is 24.6. The van der Waals surface area contributed by atoms with Crippen LogP contribution in [-0.2, 0) is 26.2 Å². The molecule has 0 unspecified atom stereocenters. The molecule has 0 aromatic heterocycles. The molecule has 0 aliphatic rings. The summed E-state index contributed by atoms with van der Waals surface area (Å²) in [7, 11) is -4.17. The van der Waals surface area contributed by atoms with E-state index in [0.717, 1.165) is 28.3 Å². The Morgan fingerprint density at radius 1 is 0.949 bits per heavy atom. The first-order chi connectivity index (χ1) is 18.6. The molecule has 0 spiro atoms. The Kier molecular flexibility index (Phi) is 10.8. The molecule has 0 saturated heterocycles. The second kappa shape index (κ2) is 13.8. The third-order valence-electron chi connectivity index (χ3n) is 6.40. The Morgan fingerprint density at radius 2 is 1.62 bits per heavy atom. The van der Waals surface area contributed by atoms with Crippen LogP contribution in [0.5, 0.6) is 0 Å². The number of hydrogen-bond acceptors (Lipinski definition) is 4. The zero-order valence-electron chi connectivity index (χ0n) is 22.2. The third kappa shape index (κ3) is 7.75.